The summed E-state index contributed by atoms with van der Waals surface area (Å²) in [6, 6.07) is 20.0. The smallest absolute Gasteiger partial charge is 0.262 e. The van der Waals surface area contributed by atoms with Crippen molar-refractivity contribution in [3.8, 4) is 11.5 Å². The first-order valence-corrected chi connectivity index (χ1v) is 9.18. The summed E-state index contributed by atoms with van der Waals surface area (Å²) < 4.78 is 6.46. The Labute approximate surface area is 170 Å². The molecule has 0 bridgehead atoms. The van der Waals surface area contributed by atoms with Crippen LogP contribution in [0, 0.1) is 0 Å². The Kier molecular flexibility index (Phi) is 6.29. The highest BCUT2D eigenvalue weighted by atomic mass is 79.9. The minimum atomic E-state index is -0.408. The number of aromatic hydroxyl groups is 1. The topological polar surface area (TPSA) is 87.7 Å². The van der Waals surface area contributed by atoms with Gasteiger partial charge >= 0.3 is 0 Å². The summed E-state index contributed by atoms with van der Waals surface area (Å²) in [5.41, 5.74) is 1.38. The molecule has 3 N–H and O–H groups in total. The first-order chi connectivity index (χ1) is 13.5. The van der Waals surface area contributed by atoms with E-state index in [1.165, 1.54) is 12.1 Å². The number of hydrogen-bond acceptors (Lipinski definition) is 4. The van der Waals surface area contributed by atoms with Gasteiger partial charge in [0.1, 0.15) is 11.5 Å². The van der Waals surface area contributed by atoms with E-state index in [1.807, 2.05) is 12.1 Å². The second kappa shape index (κ2) is 9.05. The molecule has 0 saturated carbocycles. The van der Waals surface area contributed by atoms with Gasteiger partial charge < -0.3 is 20.5 Å². The second-order valence-electron chi connectivity index (χ2n) is 5.84. The first-order valence-electron chi connectivity index (χ1n) is 8.39. The monoisotopic (exact) mass is 440 g/mol. The molecule has 0 aliphatic heterocycles. The Hall–Kier alpha value is -3.32. The molecule has 142 valence electrons. The van der Waals surface area contributed by atoms with E-state index in [1.54, 1.807) is 48.5 Å². The molecule has 0 aromatic heterocycles. The van der Waals surface area contributed by atoms with Gasteiger partial charge in [0.05, 0.1) is 5.56 Å². The zero-order valence-electron chi connectivity index (χ0n) is 14.7. The highest BCUT2D eigenvalue weighted by Gasteiger charge is 2.14. The lowest BCUT2D eigenvalue weighted by Gasteiger charge is -2.12. The molecule has 0 atom stereocenters. The van der Waals surface area contributed by atoms with Gasteiger partial charge in [-0.05, 0) is 48.5 Å². The average Bonchev–Trinajstić information content (AvgIpc) is 2.68. The molecule has 0 spiro atoms. The first kappa shape index (κ1) is 19.4. The van der Waals surface area contributed by atoms with Crippen LogP contribution in [0.3, 0.4) is 0 Å². The van der Waals surface area contributed by atoms with Crippen molar-refractivity contribution in [2.75, 3.05) is 17.2 Å². The van der Waals surface area contributed by atoms with Gasteiger partial charge in [-0.15, -0.1) is 0 Å². The van der Waals surface area contributed by atoms with E-state index in [-0.39, 0.29) is 29.6 Å². The van der Waals surface area contributed by atoms with Crippen LogP contribution in [0.15, 0.2) is 77.3 Å². The summed E-state index contributed by atoms with van der Waals surface area (Å²) >= 11 is 3.33. The molecule has 6 nitrogen and oxygen atoms in total. The Balaban J connectivity index is 1.64. The highest BCUT2D eigenvalue weighted by Crippen LogP contribution is 2.21. The molecular formula is C21H17BrN2O4. The number of phenolic OH excluding ortho intramolecular Hbond substituents is 1. The fraction of sp³-hybridized carbons (Fsp3) is 0.0476. The molecular weight excluding hydrogens is 424 g/mol. The zero-order valence-corrected chi connectivity index (χ0v) is 16.3. The summed E-state index contributed by atoms with van der Waals surface area (Å²) in [6.07, 6.45) is 0. The minimum Gasteiger partial charge on any atom is -0.508 e. The highest BCUT2D eigenvalue weighted by molar-refractivity contribution is 9.10. The van der Waals surface area contributed by atoms with Crippen molar-refractivity contribution in [1.29, 1.82) is 0 Å². The summed E-state index contributed by atoms with van der Waals surface area (Å²) in [5, 5.41) is 14.9. The van der Waals surface area contributed by atoms with E-state index in [4.69, 9.17) is 4.74 Å². The number of nitrogens with one attached hydrogen (secondary N) is 2. The number of benzene rings is 3. The summed E-state index contributed by atoms with van der Waals surface area (Å²) in [4.78, 5) is 24.6. The van der Waals surface area contributed by atoms with Crippen molar-refractivity contribution in [3.05, 3.63) is 82.8 Å². The summed E-state index contributed by atoms with van der Waals surface area (Å²) in [7, 11) is 0. The van der Waals surface area contributed by atoms with Crippen molar-refractivity contribution < 1.29 is 19.4 Å². The maximum atomic E-state index is 12.5. The van der Waals surface area contributed by atoms with Crippen LogP contribution in [0.1, 0.15) is 10.4 Å². The van der Waals surface area contributed by atoms with E-state index in [0.29, 0.717) is 11.4 Å². The number of carbonyl (C=O) groups is 2. The fourth-order valence-electron chi connectivity index (χ4n) is 2.44. The van der Waals surface area contributed by atoms with E-state index in [9.17, 15) is 14.7 Å². The Morgan fingerprint density at radius 2 is 1.64 bits per heavy atom. The number of rotatable bonds is 6. The van der Waals surface area contributed by atoms with Gasteiger partial charge in [-0.3, -0.25) is 9.59 Å². The van der Waals surface area contributed by atoms with Crippen molar-refractivity contribution in [2.24, 2.45) is 0 Å². The van der Waals surface area contributed by atoms with Crippen molar-refractivity contribution >= 4 is 39.1 Å². The molecule has 0 unspecified atom stereocenters. The summed E-state index contributed by atoms with van der Waals surface area (Å²) in [6.45, 7) is -0.244. The van der Waals surface area contributed by atoms with Gasteiger partial charge in [0.25, 0.3) is 11.8 Å². The van der Waals surface area contributed by atoms with Gasteiger partial charge in [-0.25, -0.2) is 0 Å². The molecule has 0 fully saturated rings. The molecule has 0 radical (unpaired) electrons. The number of para-hydroxylation sites is 1. The van der Waals surface area contributed by atoms with Gasteiger partial charge in [-0.1, -0.05) is 34.1 Å². The van der Waals surface area contributed by atoms with E-state index in [0.717, 1.165) is 4.47 Å². The van der Waals surface area contributed by atoms with Crippen LogP contribution in [0.2, 0.25) is 0 Å². The molecule has 3 rings (SSSR count). The van der Waals surface area contributed by atoms with E-state index in [2.05, 4.69) is 26.6 Å². The lowest BCUT2D eigenvalue weighted by molar-refractivity contribution is -0.118. The number of anilines is 2. The molecule has 7 heteroatoms. The number of hydrogen-bond donors (Lipinski definition) is 3. The standard InChI is InChI=1S/C21H17BrN2O4/c22-14-8-10-15(11-9-14)23-20(26)13-28-19-7-2-1-6-18(19)21(27)24-16-4-3-5-17(25)12-16/h1-12,25H,13H2,(H,23,26)(H,24,27). The van der Waals surface area contributed by atoms with Gasteiger partial charge in [0.15, 0.2) is 6.61 Å². The number of amides is 2. The van der Waals surface area contributed by atoms with Crippen LogP contribution >= 0.6 is 15.9 Å². The lowest BCUT2D eigenvalue weighted by Crippen LogP contribution is -2.21. The third-order valence-electron chi connectivity index (χ3n) is 3.72. The number of ether oxygens (including phenoxy) is 1. The van der Waals surface area contributed by atoms with Crippen LogP contribution in [0.5, 0.6) is 11.5 Å². The number of halogens is 1. The fourth-order valence-corrected chi connectivity index (χ4v) is 2.70. The van der Waals surface area contributed by atoms with Crippen LogP contribution < -0.4 is 15.4 Å². The third-order valence-corrected chi connectivity index (χ3v) is 4.25. The number of phenols is 1. The molecule has 3 aromatic carbocycles. The van der Waals surface area contributed by atoms with Crippen LogP contribution in [-0.2, 0) is 4.79 Å². The van der Waals surface area contributed by atoms with Crippen molar-refractivity contribution in [1.82, 2.24) is 0 Å². The molecule has 0 aliphatic carbocycles. The maximum Gasteiger partial charge on any atom is 0.262 e. The third kappa shape index (κ3) is 5.34. The molecule has 0 aliphatic rings. The minimum absolute atomic E-state index is 0.0481. The SMILES string of the molecule is O=C(COc1ccccc1C(=O)Nc1cccc(O)c1)Nc1ccc(Br)cc1. The normalized spacial score (nSPS) is 10.2. The average molecular weight is 441 g/mol. The quantitative estimate of drug-likeness (QED) is 0.529. The molecule has 0 heterocycles. The van der Waals surface area contributed by atoms with E-state index >= 15 is 0 Å². The van der Waals surface area contributed by atoms with Crippen LogP contribution in [0.25, 0.3) is 0 Å². The molecule has 3 aromatic rings. The summed E-state index contributed by atoms with van der Waals surface area (Å²) in [5.74, 6) is -0.418. The Bertz CT molecular complexity index is 990. The molecule has 0 saturated heterocycles. The molecule has 2 amide bonds. The Morgan fingerprint density at radius 1 is 0.893 bits per heavy atom. The van der Waals surface area contributed by atoms with E-state index < -0.39 is 5.91 Å². The predicted octanol–water partition coefficient (Wildman–Crippen LogP) is 4.42. The van der Waals surface area contributed by atoms with Gasteiger partial charge in [0.2, 0.25) is 0 Å². The van der Waals surface area contributed by atoms with Crippen LogP contribution in [-0.4, -0.2) is 23.5 Å². The molecule has 28 heavy (non-hydrogen) atoms. The van der Waals surface area contributed by atoms with Gasteiger partial charge in [0, 0.05) is 21.9 Å². The lowest BCUT2D eigenvalue weighted by atomic mass is 10.2. The van der Waals surface area contributed by atoms with Crippen LogP contribution in [0.4, 0.5) is 11.4 Å². The van der Waals surface area contributed by atoms with Gasteiger partial charge in [-0.2, -0.15) is 0 Å². The number of carbonyl (C=O) groups excluding carboxylic acids is 2. The van der Waals surface area contributed by atoms with Crippen molar-refractivity contribution in [2.45, 2.75) is 0 Å². The predicted molar refractivity (Wildman–Crippen MR) is 111 cm³/mol. The largest absolute Gasteiger partial charge is 0.508 e. The Morgan fingerprint density at radius 3 is 2.39 bits per heavy atom. The second-order valence-corrected chi connectivity index (χ2v) is 6.76. The zero-order chi connectivity index (χ0) is 19.9. The maximum absolute atomic E-state index is 12.5. The van der Waals surface area contributed by atoms with Crippen molar-refractivity contribution in [3.63, 3.8) is 0 Å².